The van der Waals surface area contributed by atoms with Gasteiger partial charge < -0.3 is 4.57 Å². The maximum atomic E-state index is 12.9. The minimum absolute atomic E-state index is 0.276. The molecule has 0 amide bonds. The summed E-state index contributed by atoms with van der Waals surface area (Å²) >= 11 is 0. The van der Waals surface area contributed by atoms with Crippen molar-refractivity contribution in [3.63, 3.8) is 0 Å². The Bertz CT molecular complexity index is 660. The van der Waals surface area contributed by atoms with Crippen LogP contribution in [-0.4, -0.2) is 12.2 Å². The van der Waals surface area contributed by atoms with Crippen molar-refractivity contribution in [3.8, 4) is 0 Å². The molecule has 0 heterocycles. The van der Waals surface area contributed by atoms with Crippen molar-refractivity contribution in [2.24, 2.45) is 0 Å². The number of benzene rings is 2. The van der Waals surface area contributed by atoms with E-state index in [1.54, 1.807) is 37.0 Å². The van der Waals surface area contributed by atoms with Gasteiger partial charge in [0, 0.05) is 17.5 Å². The van der Waals surface area contributed by atoms with Crippen LogP contribution in [0.5, 0.6) is 0 Å². The van der Waals surface area contributed by atoms with Gasteiger partial charge in [-0.3, -0.25) is 4.79 Å². The number of carbonyl (C=O) groups excluding carboxylic acids is 1. The Balaban J connectivity index is 2.52. The summed E-state index contributed by atoms with van der Waals surface area (Å²) in [5.74, 6) is 0. The first kappa shape index (κ1) is 13.8. The Kier molecular flexibility index (Phi) is 3.73. The van der Waals surface area contributed by atoms with Gasteiger partial charge in [0.25, 0.3) is 0 Å². The zero-order valence-electron chi connectivity index (χ0n) is 11.4. The van der Waals surface area contributed by atoms with Crippen molar-refractivity contribution in [3.05, 3.63) is 65.2 Å². The summed E-state index contributed by atoms with van der Waals surface area (Å²) in [6, 6.07) is 14.5. The Labute approximate surface area is 113 Å². The molecule has 0 N–H and O–H groups in total. The number of rotatable bonds is 3. The van der Waals surface area contributed by atoms with Crippen LogP contribution in [0.4, 0.5) is 0 Å². The Morgan fingerprint density at radius 2 is 1.58 bits per heavy atom. The summed E-state index contributed by atoms with van der Waals surface area (Å²) in [6.07, 6.45) is 0. The fourth-order valence-corrected chi connectivity index (χ4v) is 4.18. The van der Waals surface area contributed by atoms with E-state index in [9.17, 15) is 9.36 Å². The van der Waals surface area contributed by atoms with Crippen molar-refractivity contribution in [1.82, 2.24) is 0 Å². The second kappa shape index (κ2) is 5.14. The highest BCUT2D eigenvalue weighted by Gasteiger charge is 2.30. The standard InChI is InChI=1S/C16H17O2P/c1-12-8-7-11-15(13(12)2)19(3,18)16(17)14-9-5-4-6-10-14/h4-11H,1-3H3. The summed E-state index contributed by atoms with van der Waals surface area (Å²) < 4.78 is 12.9. The first-order valence-electron chi connectivity index (χ1n) is 6.19. The van der Waals surface area contributed by atoms with Crippen molar-refractivity contribution >= 4 is 18.0 Å². The maximum Gasteiger partial charge on any atom is 0.225 e. The van der Waals surface area contributed by atoms with E-state index >= 15 is 0 Å². The fraction of sp³-hybridized carbons (Fsp3) is 0.188. The van der Waals surface area contributed by atoms with Crippen LogP contribution < -0.4 is 5.30 Å². The largest absolute Gasteiger partial charge is 0.310 e. The summed E-state index contributed by atoms with van der Waals surface area (Å²) in [5, 5.41) is 0.668. The number of carbonyl (C=O) groups is 1. The summed E-state index contributed by atoms with van der Waals surface area (Å²) in [6.45, 7) is 5.44. The van der Waals surface area contributed by atoms with Gasteiger partial charge in [-0.2, -0.15) is 0 Å². The zero-order valence-corrected chi connectivity index (χ0v) is 12.3. The molecular formula is C16H17O2P. The molecule has 2 aromatic rings. The van der Waals surface area contributed by atoms with E-state index in [4.69, 9.17) is 0 Å². The second-order valence-electron chi connectivity index (χ2n) is 4.81. The molecule has 2 rings (SSSR count). The quantitative estimate of drug-likeness (QED) is 0.797. The number of hydrogen-bond acceptors (Lipinski definition) is 2. The third-order valence-corrected chi connectivity index (χ3v) is 5.88. The third kappa shape index (κ3) is 2.54. The van der Waals surface area contributed by atoms with Crippen LogP contribution in [-0.2, 0) is 4.57 Å². The lowest BCUT2D eigenvalue weighted by Gasteiger charge is -2.16. The molecule has 2 nitrogen and oxygen atoms in total. The predicted molar refractivity (Wildman–Crippen MR) is 79.9 cm³/mol. The lowest BCUT2D eigenvalue weighted by atomic mass is 10.1. The molecule has 0 fully saturated rings. The lowest BCUT2D eigenvalue weighted by Crippen LogP contribution is -2.16. The van der Waals surface area contributed by atoms with Crippen LogP contribution in [0.25, 0.3) is 0 Å². The Morgan fingerprint density at radius 3 is 2.21 bits per heavy atom. The first-order chi connectivity index (χ1) is 8.94. The highest BCUT2D eigenvalue weighted by Crippen LogP contribution is 2.44. The molecule has 0 aliphatic carbocycles. The van der Waals surface area contributed by atoms with Crippen molar-refractivity contribution in [1.29, 1.82) is 0 Å². The molecule has 1 atom stereocenters. The van der Waals surface area contributed by atoms with E-state index in [0.717, 1.165) is 11.1 Å². The lowest BCUT2D eigenvalue weighted by molar-refractivity contribution is 0.107. The van der Waals surface area contributed by atoms with Gasteiger partial charge in [0.05, 0.1) is 0 Å². The first-order valence-corrected chi connectivity index (χ1v) is 8.34. The van der Waals surface area contributed by atoms with Crippen LogP contribution in [0.15, 0.2) is 48.5 Å². The average molecular weight is 272 g/mol. The predicted octanol–water partition coefficient (Wildman–Crippen LogP) is 3.76. The minimum atomic E-state index is -3.06. The van der Waals surface area contributed by atoms with Gasteiger partial charge in [0.15, 0.2) is 7.14 Å². The van der Waals surface area contributed by atoms with Crippen LogP contribution in [0.1, 0.15) is 21.5 Å². The van der Waals surface area contributed by atoms with E-state index < -0.39 is 7.14 Å². The molecule has 19 heavy (non-hydrogen) atoms. The molecule has 0 bridgehead atoms. The van der Waals surface area contributed by atoms with E-state index in [-0.39, 0.29) is 5.52 Å². The average Bonchev–Trinajstić information content (AvgIpc) is 2.41. The van der Waals surface area contributed by atoms with E-state index in [1.165, 1.54) is 0 Å². The Hall–Kier alpha value is -1.66. The van der Waals surface area contributed by atoms with Crippen LogP contribution in [0.3, 0.4) is 0 Å². The van der Waals surface area contributed by atoms with Crippen LogP contribution in [0.2, 0.25) is 0 Å². The normalized spacial score (nSPS) is 13.8. The molecule has 0 aliphatic rings. The van der Waals surface area contributed by atoms with Crippen molar-refractivity contribution in [2.45, 2.75) is 13.8 Å². The minimum Gasteiger partial charge on any atom is -0.310 e. The smallest absolute Gasteiger partial charge is 0.225 e. The van der Waals surface area contributed by atoms with Gasteiger partial charge in [-0.05, 0) is 25.0 Å². The zero-order chi connectivity index (χ0) is 14.0. The number of aryl methyl sites for hydroxylation is 1. The molecule has 0 radical (unpaired) electrons. The highest BCUT2D eigenvalue weighted by molar-refractivity contribution is 7.87. The molecule has 98 valence electrons. The molecule has 3 heteroatoms. The maximum absolute atomic E-state index is 12.9. The summed E-state index contributed by atoms with van der Waals surface area (Å²) in [5.41, 5.74) is 2.23. The van der Waals surface area contributed by atoms with E-state index in [0.29, 0.717) is 10.9 Å². The highest BCUT2D eigenvalue weighted by atomic mass is 31.2. The monoisotopic (exact) mass is 272 g/mol. The van der Waals surface area contributed by atoms with Gasteiger partial charge in [0.2, 0.25) is 5.52 Å². The van der Waals surface area contributed by atoms with Gasteiger partial charge >= 0.3 is 0 Å². The second-order valence-corrected chi connectivity index (χ2v) is 7.55. The molecular weight excluding hydrogens is 255 g/mol. The van der Waals surface area contributed by atoms with E-state index in [1.807, 2.05) is 32.0 Å². The number of hydrogen-bond donors (Lipinski definition) is 0. The molecule has 0 saturated heterocycles. The van der Waals surface area contributed by atoms with E-state index in [2.05, 4.69) is 0 Å². The van der Waals surface area contributed by atoms with Crippen LogP contribution in [0, 0.1) is 13.8 Å². The summed E-state index contributed by atoms with van der Waals surface area (Å²) in [4.78, 5) is 12.5. The SMILES string of the molecule is Cc1cccc(P(C)(=O)C(=O)c2ccccc2)c1C. The molecule has 2 aromatic carbocycles. The molecule has 0 spiro atoms. The summed E-state index contributed by atoms with van der Waals surface area (Å²) in [7, 11) is -3.06. The van der Waals surface area contributed by atoms with Crippen molar-refractivity contribution in [2.75, 3.05) is 6.66 Å². The molecule has 1 unspecified atom stereocenters. The molecule has 0 saturated carbocycles. The fourth-order valence-electron chi connectivity index (χ4n) is 2.13. The van der Waals surface area contributed by atoms with Gasteiger partial charge in [0.1, 0.15) is 0 Å². The van der Waals surface area contributed by atoms with Gasteiger partial charge in [-0.15, -0.1) is 0 Å². The van der Waals surface area contributed by atoms with Gasteiger partial charge in [-0.25, -0.2) is 0 Å². The topological polar surface area (TPSA) is 34.1 Å². The van der Waals surface area contributed by atoms with Gasteiger partial charge in [-0.1, -0.05) is 48.5 Å². The third-order valence-electron chi connectivity index (χ3n) is 3.44. The van der Waals surface area contributed by atoms with Crippen molar-refractivity contribution < 1.29 is 9.36 Å². The molecule has 0 aliphatic heterocycles. The molecule has 0 aromatic heterocycles. The van der Waals surface area contributed by atoms with Crippen LogP contribution >= 0.6 is 7.14 Å². The Morgan fingerprint density at radius 1 is 0.947 bits per heavy atom.